The zero-order chi connectivity index (χ0) is 14.9. The minimum Gasteiger partial charge on any atom is -0.397 e. The van der Waals surface area contributed by atoms with E-state index in [1.54, 1.807) is 18.2 Å². The van der Waals surface area contributed by atoms with E-state index in [4.69, 9.17) is 17.3 Å². The summed E-state index contributed by atoms with van der Waals surface area (Å²) in [6.07, 6.45) is 0. The van der Waals surface area contributed by atoms with Crippen LogP contribution < -0.4 is 11.1 Å². The van der Waals surface area contributed by atoms with E-state index in [1.165, 1.54) is 0 Å². The van der Waals surface area contributed by atoms with Crippen molar-refractivity contribution in [2.24, 2.45) is 0 Å². The molecule has 3 nitrogen and oxygen atoms in total. The maximum atomic E-state index is 12.3. The van der Waals surface area contributed by atoms with Gasteiger partial charge in [0.05, 0.1) is 22.0 Å². The molecule has 0 aliphatic carbocycles. The number of hydrogen-bond acceptors (Lipinski definition) is 2. The first-order valence-electron chi connectivity index (χ1n) is 5.71. The van der Waals surface area contributed by atoms with Gasteiger partial charge in [0.15, 0.2) is 0 Å². The summed E-state index contributed by atoms with van der Waals surface area (Å²) in [5, 5.41) is 3.18. The molecule has 3 N–H and O–H groups in total. The first-order chi connectivity index (χ1) is 9.40. The molecule has 0 spiro atoms. The van der Waals surface area contributed by atoms with Gasteiger partial charge in [-0.1, -0.05) is 17.7 Å². The van der Waals surface area contributed by atoms with Crippen LogP contribution in [0, 0.1) is 6.92 Å². The number of para-hydroxylation sites is 1. The molecule has 0 radical (unpaired) electrons. The van der Waals surface area contributed by atoms with Crippen LogP contribution in [-0.2, 0) is 0 Å². The highest BCUT2D eigenvalue weighted by molar-refractivity contribution is 9.11. The second kappa shape index (κ2) is 6.16. The molecule has 2 rings (SSSR count). The summed E-state index contributed by atoms with van der Waals surface area (Å²) in [4.78, 5) is 12.3. The predicted molar refractivity (Wildman–Crippen MR) is 90.4 cm³/mol. The lowest BCUT2D eigenvalue weighted by atomic mass is 10.1. The van der Waals surface area contributed by atoms with Gasteiger partial charge in [0.1, 0.15) is 0 Å². The number of hydrogen-bond donors (Lipinski definition) is 2. The maximum absolute atomic E-state index is 12.3. The first-order valence-corrected chi connectivity index (χ1v) is 7.67. The van der Waals surface area contributed by atoms with E-state index in [0.717, 1.165) is 14.5 Å². The fourth-order valence-electron chi connectivity index (χ4n) is 1.74. The highest BCUT2D eigenvalue weighted by atomic mass is 79.9. The molecule has 0 unspecified atom stereocenters. The van der Waals surface area contributed by atoms with Crippen LogP contribution in [0.1, 0.15) is 15.9 Å². The SMILES string of the molecule is Cc1cc(Br)c(NC(=O)c2cccc(Cl)c2N)c(Br)c1. The van der Waals surface area contributed by atoms with Crippen molar-refractivity contribution < 1.29 is 4.79 Å². The summed E-state index contributed by atoms with van der Waals surface area (Å²) in [6.45, 7) is 1.97. The standard InChI is InChI=1S/C14H11Br2ClN2O/c1-7-5-9(15)13(10(16)6-7)19-14(20)8-3-2-4-11(17)12(8)18/h2-6H,18H2,1H3,(H,19,20). The highest BCUT2D eigenvalue weighted by Gasteiger charge is 2.15. The van der Waals surface area contributed by atoms with Gasteiger partial charge in [0.2, 0.25) is 0 Å². The lowest BCUT2D eigenvalue weighted by Gasteiger charge is -2.12. The Hall–Kier alpha value is -1.04. The Kier molecular flexibility index (Phi) is 4.73. The Morgan fingerprint density at radius 2 is 1.85 bits per heavy atom. The topological polar surface area (TPSA) is 55.1 Å². The molecule has 0 heterocycles. The van der Waals surface area contributed by atoms with E-state index in [0.29, 0.717) is 16.3 Å². The third kappa shape index (κ3) is 3.16. The number of nitrogens with two attached hydrogens (primary N) is 1. The second-order valence-electron chi connectivity index (χ2n) is 4.26. The average molecular weight is 419 g/mol. The van der Waals surface area contributed by atoms with Gasteiger partial charge in [-0.25, -0.2) is 0 Å². The largest absolute Gasteiger partial charge is 0.397 e. The third-order valence-electron chi connectivity index (χ3n) is 2.72. The van der Waals surface area contributed by atoms with Crippen molar-refractivity contribution in [3.63, 3.8) is 0 Å². The molecule has 0 saturated heterocycles. The van der Waals surface area contributed by atoms with Gasteiger partial charge in [0, 0.05) is 8.95 Å². The van der Waals surface area contributed by atoms with E-state index in [1.807, 2.05) is 19.1 Å². The summed E-state index contributed by atoms with van der Waals surface area (Å²) < 4.78 is 1.58. The van der Waals surface area contributed by atoms with Crippen LogP contribution >= 0.6 is 43.5 Å². The summed E-state index contributed by atoms with van der Waals surface area (Å²) >= 11 is 12.8. The van der Waals surface area contributed by atoms with E-state index in [2.05, 4.69) is 37.2 Å². The first kappa shape index (κ1) is 15.4. The van der Waals surface area contributed by atoms with E-state index >= 15 is 0 Å². The van der Waals surface area contributed by atoms with Crippen LogP contribution in [0.4, 0.5) is 11.4 Å². The van der Waals surface area contributed by atoms with E-state index in [9.17, 15) is 4.79 Å². The molecule has 2 aromatic carbocycles. The Balaban J connectivity index is 2.36. The van der Waals surface area contributed by atoms with Gasteiger partial charge in [-0.2, -0.15) is 0 Å². The quantitative estimate of drug-likeness (QED) is 0.674. The Bertz CT molecular complexity index is 666. The van der Waals surface area contributed by atoms with Gasteiger partial charge < -0.3 is 11.1 Å². The highest BCUT2D eigenvalue weighted by Crippen LogP contribution is 2.33. The molecule has 0 aliphatic rings. The normalized spacial score (nSPS) is 10.4. The minimum absolute atomic E-state index is 0.269. The zero-order valence-corrected chi connectivity index (χ0v) is 14.4. The van der Waals surface area contributed by atoms with E-state index in [-0.39, 0.29) is 11.6 Å². The number of halogens is 3. The molecule has 0 atom stereocenters. The Morgan fingerprint density at radius 3 is 2.45 bits per heavy atom. The molecule has 1 amide bonds. The van der Waals surface area contributed by atoms with Gasteiger partial charge in [-0.15, -0.1) is 0 Å². The second-order valence-corrected chi connectivity index (χ2v) is 6.37. The third-order valence-corrected chi connectivity index (χ3v) is 4.30. The summed E-state index contributed by atoms with van der Waals surface area (Å²) in [7, 11) is 0. The molecule has 0 fully saturated rings. The molecule has 20 heavy (non-hydrogen) atoms. The number of amides is 1. The van der Waals surface area contributed by atoms with Gasteiger partial charge in [-0.05, 0) is 68.6 Å². The summed E-state index contributed by atoms with van der Waals surface area (Å²) in [5.41, 5.74) is 8.16. The Labute approximate surface area is 138 Å². The number of carbonyl (C=O) groups is 1. The molecule has 0 aromatic heterocycles. The van der Waals surface area contributed by atoms with E-state index < -0.39 is 0 Å². The number of aryl methyl sites for hydroxylation is 1. The molecule has 0 bridgehead atoms. The molecular weight excluding hydrogens is 407 g/mol. The minimum atomic E-state index is -0.310. The lowest BCUT2D eigenvalue weighted by Crippen LogP contribution is -2.15. The number of nitrogens with one attached hydrogen (secondary N) is 1. The molecule has 104 valence electrons. The number of rotatable bonds is 2. The van der Waals surface area contributed by atoms with Crippen LogP contribution in [0.5, 0.6) is 0 Å². The fraction of sp³-hybridized carbons (Fsp3) is 0.0714. The summed E-state index contributed by atoms with van der Waals surface area (Å²) in [6, 6.07) is 8.80. The van der Waals surface area contributed by atoms with Crippen LogP contribution in [0.15, 0.2) is 39.3 Å². The summed E-state index contributed by atoms with van der Waals surface area (Å²) in [5.74, 6) is -0.310. The molecular formula is C14H11Br2ClN2O. The Morgan fingerprint density at radius 1 is 1.25 bits per heavy atom. The maximum Gasteiger partial charge on any atom is 0.257 e. The van der Waals surface area contributed by atoms with Crippen molar-refractivity contribution in [1.29, 1.82) is 0 Å². The van der Waals surface area contributed by atoms with Crippen LogP contribution in [-0.4, -0.2) is 5.91 Å². The zero-order valence-electron chi connectivity index (χ0n) is 10.5. The molecule has 0 aliphatic heterocycles. The van der Waals surface area contributed by atoms with Crippen molar-refractivity contribution in [1.82, 2.24) is 0 Å². The van der Waals surface area contributed by atoms with Gasteiger partial charge in [0.25, 0.3) is 5.91 Å². The number of carbonyl (C=O) groups excluding carboxylic acids is 1. The smallest absolute Gasteiger partial charge is 0.257 e. The van der Waals surface area contributed by atoms with Gasteiger partial charge >= 0.3 is 0 Å². The van der Waals surface area contributed by atoms with Crippen molar-refractivity contribution in [2.75, 3.05) is 11.1 Å². The van der Waals surface area contributed by atoms with Crippen molar-refractivity contribution in [3.8, 4) is 0 Å². The van der Waals surface area contributed by atoms with Gasteiger partial charge in [-0.3, -0.25) is 4.79 Å². The van der Waals surface area contributed by atoms with Crippen LogP contribution in [0.3, 0.4) is 0 Å². The van der Waals surface area contributed by atoms with Crippen molar-refractivity contribution in [3.05, 3.63) is 55.4 Å². The molecule has 2 aromatic rings. The average Bonchev–Trinajstić information content (AvgIpc) is 2.36. The van der Waals surface area contributed by atoms with Crippen molar-refractivity contribution in [2.45, 2.75) is 6.92 Å². The fourth-order valence-corrected chi connectivity index (χ4v) is 3.52. The molecule has 6 heteroatoms. The lowest BCUT2D eigenvalue weighted by molar-refractivity contribution is 0.102. The number of anilines is 2. The van der Waals surface area contributed by atoms with Crippen LogP contribution in [0.25, 0.3) is 0 Å². The van der Waals surface area contributed by atoms with Crippen LogP contribution in [0.2, 0.25) is 5.02 Å². The van der Waals surface area contributed by atoms with Crippen molar-refractivity contribution >= 4 is 60.7 Å². The molecule has 0 saturated carbocycles. The number of nitrogen functional groups attached to an aromatic ring is 1. The predicted octanol–water partition coefficient (Wildman–Crippen LogP) is 5.01. The number of benzene rings is 2. The monoisotopic (exact) mass is 416 g/mol.